The molecule has 21 heavy (non-hydrogen) atoms. The van der Waals surface area contributed by atoms with Gasteiger partial charge in [0.15, 0.2) is 5.79 Å². The lowest BCUT2D eigenvalue weighted by molar-refractivity contribution is -0.179. The molecule has 1 aliphatic heterocycles. The molecule has 1 aliphatic rings. The van der Waals surface area contributed by atoms with Crippen LogP contribution in [-0.2, 0) is 20.1 Å². The Kier molecular flexibility index (Phi) is 4.34. The quantitative estimate of drug-likeness (QED) is 0.868. The van der Waals surface area contributed by atoms with E-state index in [1.54, 1.807) is 0 Å². The molecule has 2 rings (SSSR count). The van der Waals surface area contributed by atoms with E-state index >= 15 is 0 Å². The van der Waals surface area contributed by atoms with Crippen LogP contribution in [-0.4, -0.2) is 23.5 Å². The average Bonchev–Trinajstić information content (AvgIpc) is 2.61. The second kappa shape index (κ2) is 5.59. The molecule has 2 unspecified atom stereocenters. The third-order valence-corrected chi connectivity index (χ3v) is 4.23. The van der Waals surface area contributed by atoms with Gasteiger partial charge in [-0.3, -0.25) is 4.79 Å². The van der Waals surface area contributed by atoms with Crippen LogP contribution in [0.15, 0.2) is 18.2 Å². The molecule has 0 radical (unpaired) electrons. The Morgan fingerprint density at radius 3 is 2.57 bits per heavy atom. The third-order valence-electron chi connectivity index (χ3n) is 3.99. The first kappa shape index (κ1) is 16.3. The van der Waals surface area contributed by atoms with E-state index in [1.165, 1.54) is 0 Å². The number of aryl methyl sites for hydroxylation is 1. The number of hydrogen-bond donors (Lipinski definition) is 1. The van der Waals surface area contributed by atoms with Crippen molar-refractivity contribution < 1.29 is 14.3 Å². The Hall–Kier alpha value is -1.10. The highest BCUT2D eigenvalue weighted by Crippen LogP contribution is 2.45. The van der Waals surface area contributed by atoms with Gasteiger partial charge in [-0.2, -0.15) is 0 Å². The molecule has 0 aromatic heterocycles. The van der Waals surface area contributed by atoms with E-state index in [0.29, 0.717) is 5.69 Å². The maximum absolute atomic E-state index is 11.7. The molecular weight excluding hydrogens is 290 g/mol. The number of ether oxygens (including phenoxy) is 2. The Morgan fingerprint density at radius 2 is 2.05 bits per heavy atom. The van der Waals surface area contributed by atoms with Crippen LogP contribution < -0.4 is 5.32 Å². The van der Waals surface area contributed by atoms with Crippen LogP contribution in [0.3, 0.4) is 0 Å². The molecule has 0 aliphatic carbocycles. The minimum atomic E-state index is -0.899. The van der Waals surface area contributed by atoms with E-state index in [9.17, 15) is 4.79 Å². The molecule has 0 spiro atoms. The van der Waals surface area contributed by atoms with Gasteiger partial charge < -0.3 is 14.8 Å². The smallest absolute Gasteiger partial charge is 0.239 e. The molecule has 1 saturated heterocycles. The molecule has 1 N–H and O–H groups in total. The number of carbonyl (C=O) groups excluding carboxylic acids is 1. The number of nitrogens with one attached hydrogen (secondary N) is 1. The summed E-state index contributed by atoms with van der Waals surface area (Å²) in [5, 5.41) is 2.84. The molecule has 2 atom stereocenters. The Labute approximate surface area is 130 Å². The second-order valence-electron chi connectivity index (χ2n) is 6.09. The number of halogens is 1. The van der Waals surface area contributed by atoms with Gasteiger partial charge in [0.25, 0.3) is 0 Å². The van der Waals surface area contributed by atoms with Crippen molar-refractivity contribution in [3.8, 4) is 0 Å². The largest absolute Gasteiger partial charge is 0.340 e. The highest BCUT2D eigenvalue weighted by molar-refractivity contribution is 6.29. The molecule has 1 aromatic rings. The summed E-state index contributed by atoms with van der Waals surface area (Å²) < 4.78 is 12.2. The molecule has 1 fully saturated rings. The van der Waals surface area contributed by atoms with Gasteiger partial charge in [-0.05, 0) is 40.2 Å². The van der Waals surface area contributed by atoms with Crippen LogP contribution in [0, 0.1) is 6.92 Å². The van der Waals surface area contributed by atoms with Crippen molar-refractivity contribution in [2.45, 2.75) is 52.1 Å². The van der Waals surface area contributed by atoms with E-state index in [0.717, 1.165) is 11.1 Å². The van der Waals surface area contributed by atoms with E-state index in [-0.39, 0.29) is 17.9 Å². The van der Waals surface area contributed by atoms with Gasteiger partial charge >= 0.3 is 0 Å². The van der Waals surface area contributed by atoms with Gasteiger partial charge in [-0.25, -0.2) is 0 Å². The SMILES string of the molecule is Cc1cccc(C2(C)OC(C)C(C)(C)O2)c1NC(=O)CCl. The van der Waals surface area contributed by atoms with Crippen LogP contribution in [0.2, 0.25) is 0 Å². The minimum absolute atomic E-state index is 0.0559. The average molecular weight is 312 g/mol. The second-order valence-corrected chi connectivity index (χ2v) is 6.36. The monoisotopic (exact) mass is 311 g/mol. The van der Waals surface area contributed by atoms with Gasteiger partial charge in [-0.15, -0.1) is 11.6 Å². The van der Waals surface area contributed by atoms with Crippen LogP contribution in [0.5, 0.6) is 0 Å². The number of hydrogen-bond acceptors (Lipinski definition) is 3. The minimum Gasteiger partial charge on any atom is -0.340 e. The lowest BCUT2D eigenvalue weighted by atomic mass is 10.0. The summed E-state index contributed by atoms with van der Waals surface area (Å²) in [6.45, 7) is 9.78. The van der Waals surface area contributed by atoms with Crippen molar-refractivity contribution >= 4 is 23.2 Å². The van der Waals surface area contributed by atoms with E-state index in [1.807, 2.05) is 52.8 Å². The molecular formula is C16H22ClNO3. The molecule has 1 heterocycles. The fraction of sp³-hybridized carbons (Fsp3) is 0.562. The molecule has 5 heteroatoms. The summed E-state index contributed by atoms with van der Waals surface area (Å²) in [4.78, 5) is 11.7. The fourth-order valence-electron chi connectivity index (χ4n) is 2.59. The first-order valence-electron chi connectivity index (χ1n) is 7.03. The van der Waals surface area contributed by atoms with Crippen molar-refractivity contribution in [1.82, 2.24) is 0 Å². The maximum atomic E-state index is 11.7. The van der Waals surface area contributed by atoms with Crippen LogP contribution in [0.25, 0.3) is 0 Å². The summed E-state index contributed by atoms with van der Waals surface area (Å²) in [7, 11) is 0. The number of amides is 1. The Bertz CT molecular complexity index is 558. The molecule has 0 saturated carbocycles. The van der Waals surface area contributed by atoms with E-state index < -0.39 is 11.4 Å². The number of para-hydroxylation sites is 1. The van der Waals surface area contributed by atoms with Gasteiger partial charge in [0.2, 0.25) is 5.91 Å². The van der Waals surface area contributed by atoms with Crippen molar-refractivity contribution in [3.63, 3.8) is 0 Å². The van der Waals surface area contributed by atoms with Crippen molar-refractivity contribution in [1.29, 1.82) is 0 Å². The third kappa shape index (κ3) is 3.07. The van der Waals surface area contributed by atoms with Gasteiger partial charge in [0, 0.05) is 5.56 Å². The lowest BCUT2D eigenvalue weighted by Gasteiger charge is -2.28. The predicted molar refractivity (Wildman–Crippen MR) is 83.6 cm³/mol. The van der Waals surface area contributed by atoms with E-state index in [4.69, 9.17) is 21.1 Å². The standard InChI is InChI=1S/C16H22ClNO3/c1-10-7-6-8-12(14(10)18-13(19)9-17)16(5)20-11(2)15(3,4)21-16/h6-8,11H,9H2,1-5H3,(H,18,19). The van der Waals surface area contributed by atoms with Gasteiger partial charge in [0.05, 0.1) is 17.4 Å². The Balaban J connectivity index is 2.45. The van der Waals surface area contributed by atoms with Crippen LogP contribution in [0.1, 0.15) is 38.8 Å². The number of alkyl halides is 1. The van der Waals surface area contributed by atoms with Crippen LogP contribution in [0.4, 0.5) is 5.69 Å². The molecule has 4 nitrogen and oxygen atoms in total. The number of anilines is 1. The highest BCUT2D eigenvalue weighted by Gasteiger charge is 2.49. The predicted octanol–water partition coefficient (Wildman–Crippen LogP) is 3.56. The highest BCUT2D eigenvalue weighted by atomic mass is 35.5. The van der Waals surface area contributed by atoms with Gasteiger partial charge in [-0.1, -0.05) is 18.2 Å². The summed E-state index contributed by atoms with van der Waals surface area (Å²) in [6.07, 6.45) is -0.0559. The molecule has 1 aromatic carbocycles. The van der Waals surface area contributed by atoms with Crippen molar-refractivity contribution in [2.75, 3.05) is 11.2 Å². The topological polar surface area (TPSA) is 47.6 Å². The van der Waals surface area contributed by atoms with Crippen molar-refractivity contribution in [3.05, 3.63) is 29.3 Å². The molecule has 0 bridgehead atoms. The summed E-state index contributed by atoms with van der Waals surface area (Å²) >= 11 is 5.59. The van der Waals surface area contributed by atoms with E-state index in [2.05, 4.69) is 5.32 Å². The zero-order valence-corrected chi connectivity index (χ0v) is 13.9. The zero-order valence-electron chi connectivity index (χ0n) is 13.1. The number of benzene rings is 1. The summed E-state index contributed by atoms with van der Waals surface area (Å²) in [5.41, 5.74) is 2.05. The molecule has 1 amide bonds. The summed E-state index contributed by atoms with van der Waals surface area (Å²) in [5.74, 6) is -1.24. The number of carbonyl (C=O) groups is 1. The number of rotatable bonds is 3. The normalized spacial score (nSPS) is 27.6. The lowest BCUT2D eigenvalue weighted by Crippen LogP contribution is -2.31. The van der Waals surface area contributed by atoms with Crippen LogP contribution >= 0.6 is 11.6 Å². The fourth-order valence-corrected chi connectivity index (χ4v) is 2.66. The maximum Gasteiger partial charge on any atom is 0.239 e. The van der Waals surface area contributed by atoms with Crippen molar-refractivity contribution in [2.24, 2.45) is 0 Å². The first-order valence-corrected chi connectivity index (χ1v) is 7.57. The van der Waals surface area contributed by atoms with Gasteiger partial charge in [0.1, 0.15) is 5.88 Å². The molecule has 116 valence electrons. The summed E-state index contributed by atoms with van der Waals surface area (Å²) in [6, 6.07) is 5.76. The first-order chi connectivity index (χ1) is 9.69. The Morgan fingerprint density at radius 1 is 1.38 bits per heavy atom. The zero-order chi connectivity index (χ0) is 15.8.